The Morgan fingerprint density at radius 3 is 2.84 bits per heavy atom. The topological polar surface area (TPSA) is 57.0 Å². The molecule has 4 aromatic rings. The summed E-state index contributed by atoms with van der Waals surface area (Å²) in [6.07, 6.45) is 5.42. The van der Waals surface area contributed by atoms with Crippen molar-refractivity contribution in [3.8, 4) is 17.2 Å². The Hall–Kier alpha value is -2.73. The first-order chi connectivity index (χ1) is 12.2. The van der Waals surface area contributed by atoms with E-state index in [0.717, 1.165) is 16.5 Å². The van der Waals surface area contributed by atoms with E-state index in [-0.39, 0.29) is 0 Å². The van der Waals surface area contributed by atoms with Gasteiger partial charge in [-0.15, -0.1) is 0 Å². The van der Waals surface area contributed by atoms with Gasteiger partial charge in [0.1, 0.15) is 0 Å². The first-order valence-electron chi connectivity index (χ1n) is 7.94. The van der Waals surface area contributed by atoms with Gasteiger partial charge in [0.05, 0.1) is 17.6 Å². The molecule has 5 nitrogen and oxygen atoms in total. The van der Waals surface area contributed by atoms with Gasteiger partial charge in [-0.1, -0.05) is 34.6 Å². The molecule has 0 radical (unpaired) electrons. The number of nitrogens with zero attached hydrogens (tertiary/aromatic N) is 3. The second-order valence-corrected chi connectivity index (χ2v) is 6.76. The number of furan rings is 1. The lowest BCUT2D eigenvalue weighted by molar-refractivity contribution is 0.413. The first kappa shape index (κ1) is 15.8. The number of aromatic nitrogens is 3. The van der Waals surface area contributed by atoms with Gasteiger partial charge >= 0.3 is 0 Å². The summed E-state index contributed by atoms with van der Waals surface area (Å²) in [7, 11) is 0. The van der Waals surface area contributed by atoms with Crippen molar-refractivity contribution in [1.29, 1.82) is 0 Å². The van der Waals surface area contributed by atoms with E-state index in [1.807, 2.05) is 30.6 Å². The van der Waals surface area contributed by atoms with E-state index in [1.54, 1.807) is 18.0 Å². The van der Waals surface area contributed by atoms with Gasteiger partial charge in [0.2, 0.25) is 5.76 Å². The maximum Gasteiger partial charge on any atom is 0.202 e. The molecule has 0 aliphatic heterocycles. The van der Waals surface area contributed by atoms with Crippen molar-refractivity contribution in [2.45, 2.75) is 24.8 Å². The molecular weight excluding hydrogens is 334 g/mol. The minimum atomic E-state index is 0.637. The van der Waals surface area contributed by atoms with E-state index in [0.29, 0.717) is 17.3 Å². The molecule has 3 heterocycles. The SMILES string of the molecule is Cc1ccc(-n2ccnc2SCc2cc(-c3ccco3)on2)c(C)c1. The Bertz CT molecular complexity index is 986. The van der Waals surface area contributed by atoms with Crippen LogP contribution in [0.5, 0.6) is 0 Å². The zero-order chi connectivity index (χ0) is 17.2. The molecule has 0 saturated carbocycles. The molecule has 0 aliphatic carbocycles. The van der Waals surface area contributed by atoms with Gasteiger partial charge in [-0.05, 0) is 37.6 Å². The average molecular weight is 351 g/mol. The third-order valence-corrected chi connectivity index (χ3v) is 4.89. The van der Waals surface area contributed by atoms with Crippen LogP contribution in [0.25, 0.3) is 17.2 Å². The summed E-state index contributed by atoms with van der Waals surface area (Å²) in [5.41, 5.74) is 4.47. The van der Waals surface area contributed by atoms with Crippen LogP contribution in [0, 0.1) is 13.8 Å². The lowest BCUT2D eigenvalue weighted by Crippen LogP contribution is -1.98. The summed E-state index contributed by atoms with van der Waals surface area (Å²) < 4.78 is 12.8. The van der Waals surface area contributed by atoms with Crippen LogP contribution in [-0.4, -0.2) is 14.7 Å². The lowest BCUT2D eigenvalue weighted by atomic mass is 10.1. The van der Waals surface area contributed by atoms with Crippen LogP contribution in [0.15, 0.2) is 69.2 Å². The molecule has 0 aliphatic rings. The quantitative estimate of drug-likeness (QED) is 0.472. The highest BCUT2D eigenvalue weighted by atomic mass is 32.2. The molecule has 6 heteroatoms. The van der Waals surface area contributed by atoms with E-state index in [2.05, 4.69) is 46.8 Å². The summed E-state index contributed by atoms with van der Waals surface area (Å²) in [6.45, 7) is 4.21. The smallest absolute Gasteiger partial charge is 0.202 e. The summed E-state index contributed by atoms with van der Waals surface area (Å²) in [4.78, 5) is 4.48. The van der Waals surface area contributed by atoms with E-state index in [9.17, 15) is 0 Å². The molecule has 126 valence electrons. The van der Waals surface area contributed by atoms with Crippen LogP contribution in [0.3, 0.4) is 0 Å². The minimum Gasteiger partial charge on any atom is -0.461 e. The number of hydrogen-bond donors (Lipinski definition) is 0. The van der Waals surface area contributed by atoms with Gasteiger partial charge < -0.3 is 8.94 Å². The maximum absolute atomic E-state index is 5.34. The molecule has 1 aromatic carbocycles. The lowest BCUT2D eigenvalue weighted by Gasteiger charge is -2.10. The molecule has 4 rings (SSSR count). The third-order valence-electron chi connectivity index (χ3n) is 3.89. The van der Waals surface area contributed by atoms with Gasteiger partial charge in [-0.2, -0.15) is 0 Å². The van der Waals surface area contributed by atoms with Crippen molar-refractivity contribution < 1.29 is 8.94 Å². The molecule has 25 heavy (non-hydrogen) atoms. The summed E-state index contributed by atoms with van der Waals surface area (Å²) in [6, 6.07) is 12.0. The van der Waals surface area contributed by atoms with Crippen molar-refractivity contribution in [1.82, 2.24) is 14.7 Å². The normalized spacial score (nSPS) is 11.1. The maximum atomic E-state index is 5.34. The molecule has 3 aromatic heterocycles. The Labute approximate surface area is 149 Å². The van der Waals surface area contributed by atoms with Crippen LogP contribution < -0.4 is 0 Å². The zero-order valence-electron chi connectivity index (χ0n) is 14.0. The van der Waals surface area contributed by atoms with E-state index < -0.39 is 0 Å². The third kappa shape index (κ3) is 3.25. The highest BCUT2D eigenvalue weighted by molar-refractivity contribution is 7.98. The fourth-order valence-corrected chi connectivity index (χ4v) is 3.56. The van der Waals surface area contributed by atoms with E-state index >= 15 is 0 Å². The molecule has 0 atom stereocenters. The highest BCUT2D eigenvalue weighted by Crippen LogP contribution is 2.27. The Morgan fingerprint density at radius 1 is 1.12 bits per heavy atom. The van der Waals surface area contributed by atoms with Crippen molar-refractivity contribution in [3.63, 3.8) is 0 Å². The predicted molar refractivity (Wildman–Crippen MR) is 96.8 cm³/mol. The number of hydrogen-bond acceptors (Lipinski definition) is 5. The summed E-state index contributed by atoms with van der Waals surface area (Å²) in [5.74, 6) is 1.99. The standard InChI is InChI=1S/C19H17N3O2S/c1-13-5-6-16(14(2)10-13)22-8-7-20-19(22)25-12-15-11-18(24-21-15)17-4-3-9-23-17/h3-11H,12H2,1-2H3. The Morgan fingerprint density at radius 2 is 2.04 bits per heavy atom. The molecule has 0 saturated heterocycles. The highest BCUT2D eigenvalue weighted by Gasteiger charge is 2.12. The molecular formula is C19H17N3O2S. The average Bonchev–Trinajstić information content (AvgIpc) is 3.34. The van der Waals surface area contributed by atoms with Crippen LogP contribution in [0.1, 0.15) is 16.8 Å². The minimum absolute atomic E-state index is 0.637. The Kier molecular flexibility index (Phi) is 4.19. The van der Waals surface area contributed by atoms with Crippen molar-refractivity contribution in [3.05, 3.63) is 71.9 Å². The fourth-order valence-electron chi connectivity index (χ4n) is 2.71. The van der Waals surface area contributed by atoms with E-state index in [1.165, 1.54) is 11.1 Å². The fraction of sp³-hybridized carbons (Fsp3) is 0.158. The number of rotatable bonds is 5. The molecule has 0 fully saturated rings. The van der Waals surface area contributed by atoms with Gasteiger partial charge in [-0.25, -0.2) is 4.98 Å². The molecule has 0 bridgehead atoms. The van der Waals surface area contributed by atoms with Crippen molar-refractivity contribution in [2.24, 2.45) is 0 Å². The summed E-state index contributed by atoms with van der Waals surface area (Å²) >= 11 is 1.62. The molecule has 0 unspecified atom stereocenters. The largest absolute Gasteiger partial charge is 0.461 e. The molecule has 0 spiro atoms. The van der Waals surface area contributed by atoms with E-state index in [4.69, 9.17) is 8.94 Å². The van der Waals surface area contributed by atoms with Gasteiger partial charge in [0.15, 0.2) is 10.9 Å². The van der Waals surface area contributed by atoms with Gasteiger partial charge in [0, 0.05) is 24.2 Å². The van der Waals surface area contributed by atoms with Crippen LogP contribution in [0.4, 0.5) is 0 Å². The second-order valence-electron chi connectivity index (χ2n) is 5.82. The number of imidazole rings is 1. The number of thioether (sulfide) groups is 1. The van der Waals surface area contributed by atoms with Crippen LogP contribution >= 0.6 is 11.8 Å². The predicted octanol–water partition coefficient (Wildman–Crippen LogP) is 5.03. The van der Waals surface area contributed by atoms with Gasteiger partial charge in [0.25, 0.3) is 0 Å². The van der Waals surface area contributed by atoms with Crippen molar-refractivity contribution in [2.75, 3.05) is 0 Å². The number of benzene rings is 1. The summed E-state index contributed by atoms with van der Waals surface area (Å²) in [5, 5.41) is 5.04. The monoisotopic (exact) mass is 351 g/mol. The number of aryl methyl sites for hydroxylation is 2. The Balaban J connectivity index is 1.52. The van der Waals surface area contributed by atoms with Crippen molar-refractivity contribution >= 4 is 11.8 Å². The second kappa shape index (κ2) is 6.64. The van der Waals surface area contributed by atoms with Crippen LogP contribution in [0.2, 0.25) is 0 Å². The molecule has 0 N–H and O–H groups in total. The van der Waals surface area contributed by atoms with Crippen LogP contribution in [-0.2, 0) is 5.75 Å². The first-order valence-corrected chi connectivity index (χ1v) is 8.92. The molecule has 0 amide bonds. The van der Waals surface area contributed by atoms with Gasteiger partial charge in [-0.3, -0.25) is 4.57 Å². The zero-order valence-corrected chi connectivity index (χ0v) is 14.8.